The second kappa shape index (κ2) is 5.17. The normalized spacial score (nSPS) is 15.1. The lowest BCUT2D eigenvalue weighted by molar-refractivity contribution is -0.152. The van der Waals surface area contributed by atoms with Gasteiger partial charge in [0.1, 0.15) is 0 Å². The van der Waals surface area contributed by atoms with Crippen molar-refractivity contribution in [3.63, 3.8) is 0 Å². The van der Waals surface area contributed by atoms with Gasteiger partial charge in [0.2, 0.25) is 0 Å². The zero-order valence-electron chi connectivity index (χ0n) is 12.0. The van der Waals surface area contributed by atoms with Crippen molar-refractivity contribution in [1.82, 2.24) is 4.90 Å². The average molecular weight is 229 g/mol. The summed E-state index contributed by atoms with van der Waals surface area (Å²) in [6, 6.07) is 0.413. The van der Waals surface area contributed by atoms with Crippen LogP contribution in [0.25, 0.3) is 0 Å². The first-order valence-corrected chi connectivity index (χ1v) is 5.81. The smallest absolute Gasteiger partial charge is 0.312 e. The van der Waals surface area contributed by atoms with Gasteiger partial charge >= 0.3 is 5.97 Å². The van der Waals surface area contributed by atoms with Crippen LogP contribution in [0.5, 0.6) is 0 Å². The molecule has 0 fully saturated rings. The van der Waals surface area contributed by atoms with E-state index in [1.807, 2.05) is 13.8 Å². The van der Waals surface area contributed by atoms with E-state index in [4.69, 9.17) is 4.74 Å². The van der Waals surface area contributed by atoms with Gasteiger partial charge in [-0.2, -0.15) is 0 Å². The second-order valence-corrected chi connectivity index (χ2v) is 6.33. The van der Waals surface area contributed by atoms with E-state index in [1.165, 1.54) is 7.11 Å². The van der Waals surface area contributed by atoms with Gasteiger partial charge in [0, 0.05) is 12.6 Å². The fraction of sp³-hybridized carbons (Fsp3) is 0.923. The SMILES string of the molecule is COC(=O)C(C)(C)CN(C)C(C)C(C)(C)C. The van der Waals surface area contributed by atoms with Gasteiger partial charge in [0.25, 0.3) is 0 Å². The number of hydrogen-bond acceptors (Lipinski definition) is 3. The van der Waals surface area contributed by atoms with E-state index in [2.05, 4.69) is 39.6 Å². The number of esters is 1. The van der Waals surface area contributed by atoms with Crippen LogP contribution in [0, 0.1) is 10.8 Å². The van der Waals surface area contributed by atoms with Crippen LogP contribution in [0.2, 0.25) is 0 Å². The highest BCUT2D eigenvalue weighted by molar-refractivity contribution is 5.76. The molecule has 0 aliphatic rings. The fourth-order valence-electron chi connectivity index (χ4n) is 1.76. The van der Waals surface area contributed by atoms with Gasteiger partial charge in [0.05, 0.1) is 12.5 Å². The minimum Gasteiger partial charge on any atom is -0.469 e. The molecule has 0 rings (SSSR count). The molecule has 0 aromatic carbocycles. The van der Waals surface area contributed by atoms with Crippen molar-refractivity contribution in [2.24, 2.45) is 10.8 Å². The largest absolute Gasteiger partial charge is 0.469 e. The predicted octanol–water partition coefficient (Wildman–Crippen LogP) is 2.55. The van der Waals surface area contributed by atoms with Crippen LogP contribution >= 0.6 is 0 Å². The van der Waals surface area contributed by atoms with Crippen molar-refractivity contribution in [2.75, 3.05) is 20.7 Å². The predicted molar refractivity (Wildman–Crippen MR) is 67.3 cm³/mol. The summed E-state index contributed by atoms with van der Waals surface area (Å²) in [6.07, 6.45) is 0. The number of ether oxygens (including phenoxy) is 1. The van der Waals surface area contributed by atoms with Crippen molar-refractivity contribution in [1.29, 1.82) is 0 Å². The van der Waals surface area contributed by atoms with Crippen LogP contribution in [0.4, 0.5) is 0 Å². The first kappa shape index (κ1) is 15.4. The third-order valence-corrected chi connectivity index (χ3v) is 3.30. The molecule has 0 amide bonds. The third kappa shape index (κ3) is 4.12. The maximum absolute atomic E-state index is 11.6. The number of carbonyl (C=O) groups is 1. The minimum absolute atomic E-state index is 0.152. The Morgan fingerprint density at radius 2 is 1.69 bits per heavy atom. The lowest BCUT2D eigenvalue weighted by Gasteiger charge is -2.38. The zero-order chi connectivity index (χ0) is 13.1. The molecule has 0 saturated carbocycles. The summed E-state index contributed by atoms with van der Waals surface area (Å²) in [6.45, 7) is 13.4. The molecule has 0 aliphatic carbocycles. The maximum atomic E-state index is 11.6. The third-order valence-electron chi connectivity index (χ3n) is 3.30. The lowest BCUT2D eigenvalue weighted by atomic mass is 9.85. The molecule has 0 aromatic rings. The van der Waals surface area contributed by atoms with Crippen molar-refractivity contribution < 1.29 is 9.53 Å². The van der Waals surface area contributed by atoms with Gasteiger partial charge in [-0.15, -0.1) is 0 Å². The van der Waals surface area contributed by atoms with Gasteiger partial charge in [-0.3, -0.25) is 4.79 Å². The molecule has 1 atom stereocenters. The molecule has 96 valence electrons. The van der Waals surface area contributed by atoms with Gasteiger partial charge in [0.15, 0.2) is 0 Å². The minimum atomic E-state index is -0.455. The quantitative estimate of drug-likeness (QED) is 0.694. The van der Waals surface area contributed by atoms with E-state index in [0.29, 0.717) is 12.6 Å². The molecule has 0 heterocycles. The molecular formula is C13H27NO2. The molecule has 0 N–H and O–H groups in total. The summed E-state index contributed by atoms with van der Waals surface area (Å²) in [5.41, 5.74) is -0.246. The molecule has 0 spiro atoms. The number of hydrogen-bond donors (Lipinski definition) is 0. The van der Waals surface area contributed by atoms with Crippen LogP contribution in [0.1, 0.15) is 41.5 Å². The summed E-state index contributed by atoms with van der Waals surface area (Å²) < 4.78 is 4.82. The summed E-state index contributed by atoms with van der Waals surface area (Å²) in [5.74, 6) is -0.152. The van der Waals surface area contributed by atoms with E-state index < -0.39 is 5.41 Å². The topological polar surface area (TPSA) is 29.5 Å². The van der Waals surface area contributed by atoms with Crippen molar-refractivity contribution in [3.05, 3.63) is 0 Å². The molecule has 0 radical (unpaired) electrons. The van der Waals surface area contributed by atoms with Gasteiger partial charge in [-0.25, -0.2) is 0 Å². The van der Waals surface area contributed by atoms with E-state index in [0.717, 1.165) is 0 Å². The first-order chi connectivity index (χ1) is 7.02. The van der Waals surface area contributed by atoms with Crippen molar-refractivity contribution >= 4 is 5.97 Å². The molecule has 3 heteroatoms. The Hall–Kier alpha value is -0.570. The van der Waals surface area contributed by atoms with E-state index in [9.17, 15) is 4.79 Å². The lowest BCUT2D eigenvalue weighted by Crippen LogP contribution is -2.46. The highest BCUT2D eigenvalue weighted by atomic mass is 16.5. The van der Waals surface area contributed by atoms with E-state index in [-0.39, 0.29) is 11.4 Å². The molecule has 16 heavy (non-hydrogen) atoms. The molecule has 0 aliphatic heterocycles. The first-order valence-electron chi connectivity index (χ1n) is 5.81. The Morgan fingerprint density at radius 3 is 2.00 bits per heavy atom. The van der Waals surface area contributed by atoms with Crippen LogP contribution in [-0.4, -0.2) is 37.6 Å². The van der Waals surface area contributed by atoms with Crippen molar-refractivity contribution in [3.8, 4) is 0 Å². The monoisotopic (exact) mass is 229 g/mol. The molecule has 0 aromatic heterocycles. The fourth-order valence-corrected chi connectivity index (χ4v) is 1.76. The standard InChI is InChI=1S/C13H27NO2/c1-10(12(2,3)4)14(7)9-13(5,6)11(15)16-8/h10H,9H2,1-8H3. The van der Waals surface area contributed by atoms with Crippen LogP contribution in [0.15, 0.2) is 0 Å². The number of rotatable bonds is 4. The van der Waals surface area contributed by atoms with Gasteiger partial charge in [-0.05, 0) is 33.2 Å². The van der Waals surface area contributed by atoms with Gasteiger partial charge < -0.3 is 9.64 Å². The zero-order valence-corrected chi connectivity index (χ0v) is 12.0. The molecule has 1 unspecified atom stereocenters. The summed E-state index contributed by atoms with van der Waals surface area (Å²) in [7, 11) is 3.50. The Balaban J connectivity index is 4.56. The molecule has 0 saturated heterocycles. The molecule has 3 nitrogen and oxygen atoms in total. The molecule has 0 bridgehead atoms. The Morgan fingerprint density at radius 1 is 1.25 bits per heavy atom. The van der Waals surface area contributed by atoms with Crippen molar-refractivity contribution in [2.45, 2.75) is 47.6 Å². The van der Waals surface area contributed by atoms with Gasteiger partial charge in [-0.1, -0.05) is 20.8 Å². The number of methoxy groups -OCH3 is 1. The van der Waals surface area contributed by atoms with Crippen LogP contribution in [-0.2, 0) is 9.53 Å². The number of carbonyl (C=O) groups excluding carboxylic acids is 1. The Kier molecular flexibility index (Phi) is 4.99. The maximum Gasteiger partial charge on any atom is 0.312 e. The van der Waals surface area contributed by atoms with Crippen LogP contribution < -0.4 is 0 Å². The number of nitrogens with zero attached hydrogens (tertiary/aromatic N) is 1. The van der Waals surface area contributed by atoms with E-state index >= 15 is 0 Å². The summed E-state index contributed by atoms with van der Waals surface area (Å²) in [4.78, 5) is 13.8. The average Bonchev–Trinajstić information content (AvgIpc) is 2.12. The van der Waals surface area contributed by atoms with Crippen LogP contribution in [0.3, 0.4) is 0 Å². The Labute approximate surface area is 100 Å². The highest BCUT2D eigenvalue weighted by Gasteiger charge is 2.33. The summed E-state index contributed by atoms with van der Waals surface area (Å²) in [5, 5.41) is 0. The van der Waals surface area contributed by atoms with E-state index in [1.54, 1.807) is 0 Å². The second-order valence-electron chi connectivity index (χ2n) is 6.33. The highest BCUT2D eigenvalue weighted by Crippen LogP contribution is 2.26. The molecular weight excluding hydrogens is 202 g/mol. The summed E-state index contributed by atoms with van der Waals surface area (Å²) >= 11 is 0. The Bertz CT molecular complexity index is 241.